The van der Waals surface area contributed by atoms with Gasteiger partial charge in [-0.05, 0) is 0 Å². The summed E-state index contributed by atoms with van der Waals surface area (Å²) in [5, 5.41) is 0. The van der Waals surface area contributed by atoms with Gasteiger partial charge in [0.25, 0.3) is 0 Å². The molecule has 13 heavy (non-hydrogen) atoms. The fourth-order valence-corrected chi connectivity index (χ4v) is 0.882. The van der Waals surface area contributed by atoms with Crippen molar-refractivity contribution in [1.29, 1.82) is 0 Å². The summed E-state index contributed by atoms with van der Waals surface area (Å²) >= 11 is 0. The SMILES string of the molecule is O=C1OC(=O)C12C(=O)OC2=O.[CH3-].[Y]. The zero-order valence-electron chi connectivity index (χ0n) is 6.53. The van der Waals surface area contributed by atoms with Crippen LogP contribution in [0.25, 0.3) is 0 Å². The molecule has 2 saturated heterocycles. The number of carbonyl (C=O) groups excluding carboxylic acids is 4. The second-order valence-electron chi connectivity index (χ2n) is 2.10. The monoisotopic (exact) mass is 260 g/mol. The molecule has 0 atom stereocenters. The second-order valence-corrected chi connectivity index (χ2v) is 2.10. The number of cyclic esters (lactones) is 4. The van der Waals surface area contributed by atoms with Crippen molar-refractivity contribution in [2.45, 2.75) is 0 Å². The summed E-state index contributed by atoms with van der Waals surface area (Å²) in [4.78, 5) is 42.0. The van der Waals surface area contributed by atoms with Crippen molar-refractivity contribution in [3.63, 3.8) is 0 Å². The zero-order chi connectivity index (χ0) is 8.22. The number of hydrogen-bond acceptors (Lipinski definition) is 6. The van der Waals surface area contributed by atoms with E-state index in [9.17, 15) is 19.2 Å². The number of hydrogen-bond donors (Lipinski definition) is 0. The molecule has 0 aromatic heterocycles. The molecule has 0 unspecified atom stereocenters. The van der Waals surface area contributed by atoms with Crippen molar-refractivity contribution in [2.75, 3.05) is 0 Å². The van der Waals surface area contributed by atoms with Crippen molar-refractivity contribution in [2.24, 2.45) is 5.41 Å². The molecule has 0 saturated carbocycles. The van der Waals surface area contributed by atoms with E-state index >= 15 is 0 Å². The van der Waals surface area contributed by atoms with Crippen LogP contribution in [-0.2, 0) is 61.4 Å². The van der Waals surface area contributed by atoms with Gasteiger partial charge in [-0.3, -0.25) is 0 Å². The van der Waals surface area contributed by atoms with Gasteiger partial charge in [0, 0.05) is 32.7 Å². The van der Waals surface area contributed by atoms with Crippen molar-refractivity contribution in [3.05, 3.63) is 7.43 Å². The maximum Gasteiger partial charge on any atom is 0.357 e. The van der Waals surface area contributed by atoms with Gasteiger partial charge < -0.3 is 16.9 Å². The molecule has 67 valence electrons. The summed E-state index contributed by atoms with van der Waals surface area (Å²) in [6.45, 7) is 0. The first-order valence-electron chi connectivity index (χ1n) is 2.63. The van der Waals surface area contributed by atoms with E-state index in [2.05, 4.69) is 9.47 Å². The molecule has 0 aliphatic carbocycles. The van der Waals surface area contributed by atoms with Gasteiger partial charge in [0.1, 0.15) is 0 Å². The van der Waals surface area contributed by atoms with Gasteiger partial charge in [-0.25, -0.2) is 19.2 Å². The number of carbonyl (C=O) groups is 4. The summed E-state index contributed by atoms with van der Waals surface area (Å²) < 4.78 is 7.68. The van der Waals surface area contributed by atoms with Gasteiger partial charge in [-0.2, -0.15) is 0 Å². The Morgan fingerprint density at radius 2 is 1.00 bits per heavy atom. The average Bonchev–Trinajstić information content (AvgIpc) is 1.86. The Bertz CT molecular complexity index is 256. The van der Waals surface area contributed by atoms with Gasteiger partial charge in [0.2, 0.25) is 0 Å². The number of ether oxygens (including phenoxy) is 2. The van der Waals surface area contributed by atoms with Gasteiger partial charge in [0.15, 0.2) is 0 Å². The minimum atomic E-state index is -2.22. The van der Waals surface area contributed by atoms with E-state index in [1.165, 1.54) is 0 Å². The van der Waals surface area contributed by atoms with E-state index in [1.807, 2.05) is 0 Å². The molecule has 2 aliphatic heterocycles. The molecule has 0 N–H and O–H groups in total. The molecule has 1 spiro atoms. The second kappa shape index (κ2) is 3.27. The topological polar surface area (TPSA) is 86.7 Å². The Balaban J connectivity index is 0.000000720. The van der Waals surface area contributed by atoms with E-state index in [0.717, 1.165) is 0 Å². The van der Waals surface area contributed by atoms with Crippen LogP contribution in [-0.4, -0.2) is 23.9 Å². The molecule has 0 aromatic rings. The predicted octanol–water partition coefficient (Wildman–Crippen LogP) is -1.41. The minimum Gasteiger partial charge on any atom is -0.390 e. The first kappa shape index (κ1) is 12.4. The number of esters is 4. The fraction of sp³-hybridized carbons (Fsp3) is 0.167. The molecule has 0 aromatic carbocycles. The van der Waals surface area contributed by atoms with E-state index in [0.29, 0.717) is 0 Å². The molecule has 1 radical (unpaired) electrons. The van der Waals surface area contributed by atoms with Crippen LogP contribution in [0.1, 0.15) is 0 Å². The molecular weight excluding hydrogens is 257 g/mol. The van der Waals surface area contributed by atoms with E-state index in [-0.39, 0.29) is 40.1 Å². The molecule has 2 rings (SSSR count). The summed E-state index contributed by atoms with van der Waals surface area (Å²) in [6.07, 6.45) is 0. The van der Waals surface area contributed by atoms with Crippen LogP contribution < -0.4 is 0 Å². The normalized spacial score (nSPS) is 21.5. The first-order valence-corrected chi connectivity index (χ1v) is 2.63. The Morgan fingerprint density at radius 1 is 0.769 bits per heavy atom. The van der Waals surface area contributed by atoms with Gasteiger partial charge in [0.05, 0.1) is 0 Å². The van der Waals surface area contributed by atoms with Gasteiger partial charge in [-0.15, -0.1) is 0 Å². The quantitative estimate of drug-likeness (QED) is 0.302. The predicted molar refractivity (Wildman–Crippen MR) is 31.0 cm³/mol. The largest absolute Gasteiger partial charge is 0.390 e. The summed E-state index contributed by atoms with van der Waals surface area (Å²) in [5.74, 6) is -4.54. The third-order valence-corrected chi connectivity index (χ3v) is 1.60. The minimum absolute atomic E-state index is 0. The molecule has 0 amide bonds. The van der Waals surface area contributed by atoms with Crippen LogP contribution in [0.4, 0.5) is 0 Å². The summed E-state index contributed by atoms with van der Waals surface area (Å²) in [6, 6.07) is 0. The molecule has 2 aliphatic rings. The molecule has 2 heterocycles. The van der Waals surface area contributed by atoms with Gasteiger partial charge in [-0.1, -0.05) is 0 Å². The van der Waals surface area contributed by atoms with Crippen molar-refractivity contribution in [1.82, 2.24) is 0 Å². The molecule has 2 fully saturated rings. The fourth-order valence-electron chi connectivity index (χ4n) is 0.882. The zero-order valence-corrected chi connectivity index (χ0v) is 9.37. The standard InChI is InChI=1S/C5O6.CH3.Y/c6-1-5(2(7)10-1)3(8)11-4(5)9;;/h;1H3;/q;-1;. The van der Waals surface area contributed by atoms with Gasteiger partial charge >= 0.3 is 29.3 Å². The maximum absolute atomic E-state index is 10.5. The first-order chi connectivity index (χ1) is 5.10. The molecule has 0 bridgehead atoms. The molecule has 6 nitrogen and oxygen atoms in total. The Morgan fingerprint density at radius 3 is 1.08 bits per heavy atom. The van der Waals surface area contributed by atoms with Crippen LogP contribution in [0, 0.1) is 12.8 Å². The number of rotatable bonds is 0. The van der Waals surface area contributed by atoms with Crippen molar-refractivity contribution < 1.29 is 61.4 Å². The van der Waals surface area contributed by atoms with Crippen LogP contribution in [0.2, 0.25) is 0 Å². The Hall–Kier alpha value is -0.616. The van der Waals surface area contributed by atoms with E-state index < -0.39 is 29.3 Å². The van der Waals surface area contributed by atoms with Crippen LogP contribution in [0.5, 0.6) is 0 Å². The third kappa shape index (κ3) is 1.02. The average molecular weight is 260 g/mol. The summed E-state index contributed by atoms with van der Waals surface area (Å²) in [7, 11) is 0. The molecular formula is C6H3O6Y-. The van der Waals surface area contributed by atoms with Crippen molar-refractivity contribution >= 4 is 23.9 Å². The van der Waals surface area contributed by atoms with Crippen LogP contribution in [0.3, 0.4) is 0 Å². The third-order valence-electron chi connectivity index (χ3n) is 1.60. The Labute approximate surface area is 97.8 Å². The summed E-state index contributed by atoms with van der Waals surface area (Å²) in [5.41, 5.74) is -2.22. The smallest absolute Gasteiger partial charge is 0.357 e. The Kier molecular flexibility index (Phi) is 3.11. The molecule has 7 heteroatoms. The van der Waals surface area contributed by atoms with Crippen molar-refractivity contribution in [3.8, 4) is 0 Å². The maximum atomic E-state index is 10.5. The van der Waals surface area contributed by atoms with Crippen LogP contribution in [0.15, 0.2) is 0 Å². The van der Waals surface area contributed by atoms with Crippen LogP contribution >= 0.6 is 0 Å². The van der Waals surface area contributed by atoms with E-state index in [1.54, 1.807) is 0 Å². The van der Waals surface area contributed by atoms with E-state index in [4.69, 9.17) is 0 Å².